The fourth-order valence-corrected chi connectivity index (χ4v) is 3.86. The average Bonchev–Trinajstić information content (AvgIpc) is 2.76. The lowest BCUT2D eigenvalue weighted by atomic mass is 10.2. The minimum absolute atomic E-state index is 0.454. The van der Waals surface area contributed by atoms with Gasteiger partial charge in [-0.15, -0.1) is 21.5 Å². The van der Waals surface area contributed by atoms with E-state index in [0.29, 0.717) is 5.92 Å². The third kappa shape index (κ3) is 2.76. The summed E-state index contributed by atoms with van der Waals surface area (Å²) in [6.45, 7) is 6.26. The Morgan fingerprint density at radius 1 is 1.27 bits per heavy atom. The molecule has 0 fully saturated rings. The van der Waals surface area contributed by atoms with Crippen molar-refractivity contribution in [3.63, 3.8) is 0 Å². The first-order chi connectivity index (χ1) is 7.15. The van der Waals surface area contributed by atoms with Crippen LogP contribution in [0.5, 0.6) is 0 Å². The number of aryl methyl sites for hydroxylation is 1. The van der Waals surface area contributed by atoms with Crippen molar-refractivity contribution in [2.75, 3.05) is 0 Å². The Bertz CT molecular complexity index is 447. The number of thiazole rings is 1. The van der Waals surface area contributed by atoms with Gasteiger partial charge in [-0.1, -0.05) is 25.2 Å². The minimum atomic E-state index is 0.454. The number of rotatable bonds is 3. The maximum absolute atomic E-state index is 4.38. The van der Waals surface area contributed by atoms with Gasteiger partial charge in [0.2, 0.25) is 0 Å². The van der Waals surface area contributed by atoms with E-state index in [9.17, 15) is 0 Å². The van der Waals surface area contributed by atoms with Gasteiger partial charge in [0.05, 0.1) is 0 Å². The molecule has 0 unspecified atom stereocenters. The summed E-state index contributed by atoms with van der Waals surface area (Å²) >= 11 is 4.90. The fourth-order valence-electron chi connectivity index (χ4n) is 0.949. The Hall–Kier alpha value is -0.460. The first kappa shape index (κ1) is 11.0. The van der Waals surface area contributed by atoms with Crippen molar-refractivity contribution in [1.29, 1.82) is 0 Å². The molecule has 15 heavy (non-hydrogen) atoms. The highest BCUT2D eigenvalue weighted by atomic mass is 32.2. The van der Waals surface area contributed by atoms with E-state index in [0.717, 1.165) is 19.4 Å². The second-order valence-corrected chi connectivity index (χ2v) is 6.78. The minimum Gasteiger partial charge on any atom is -0.235 e. The lowest BCUT2D eigenvalue weighted by Crippen LogP contribution is -1.83. The molecule has 80 valence electrons. The molecular weight excluding hydrogens is 246 g/mol. The Kier molecular flexibility index (Phi) is 3.38. The molecule has 0 saturated heterocycles. The predicted molar refractivity (Wildman–Crippen MR) is 65.0 cm³/mol. The molecular formula is C9H11N3S3. The summed E-state index contributed by atoms with van der Waals surface area (Å²) in [7, 11) is 0. The molecule has 0 saturated carbocycles. The zero-order chi connectivity index (χ0) is 10.8. The van der Waals surface area contributed by atoms with Crippen LogP contribution in [-0.2, 0) is 0 Å². The van der Waals surface area contributed by atoms with E-state index < -0.39 is 0 Å². The van der Waals surface area contributed by atoms with Gasteiger partial charge in [0.1, 0.15) is 5.01 Å². The molecule has 0 spiro atoms. The molecule has 0 aliphatic heterocycles. The smallest absolute Gasteiger partial charge is 0.181 e. The lowest BCUT2D eigenvalue weighted by molar-refractivity contribution is 0.817. The highest BCUT2D eigenvalue weighted by Crippen LogP contribution is 2.33. The standard InChI is InChI=1S/C9H11N3S3/c1-5(2)7-11-12-9(14-7)15-8-10-6(3)4-13-8/h4-5H,1-3H3. The van der Waals surface area contributed by atoms with E-state index in [1.807, 2.05) is 12.3 Å². The molecule has 0 atom stereocenters. The van der Waals surface area contributed by atoms with Crippen molar-refractivity contribution in [3.8, 4) is 0 Å². The van der Waals surface area contributed by atoms with E-state index in [-0.39, 0.29) is 0 Å². The number of hydrogen-bond donors (Lipinski definition) is 0. The van der Waals surface area contributed by atoms with E-state index in [2.05, 4.69) is 29.0 Å². The molecule has 6 heteroatoms. The monoisotopic (exact) mass is 257 g/mol. The molecule has 3 nitrogen and oxygen atoms in total. The van der Waals surface area contributed by atoms with Crippen molar-refractivity contribution in [1.82, 2.24) is 15.2 Å². The molecule has 0 amide bonds. The number of hydrogen-bond acceptors (Lipinski definition) is 6. The lowest BCUT2D eigenvalue weighted by Gasteiger charge is -1.93. The summed E-state index contributed by atoms with van der Waals surface area (Å²) in [6, 6.07) is 0. The molecule has 0 bridgehead atoms. The predicted octanol–water partition coefficient (Wildman–Crippen LogP) is 3.58. The van der Waals surface area contributed by atoms with Gasteiger partial charge in [-0.25, -0.2) is 4.98 Å². The maximum Gasteiger partial charge on any atom is 0.181 e. The van der Waals surface area contributed by atoms with Crippen LogP contribution in [-0.4, -0.2) is 15.2 Å². The van der Waals surface area contributed by atoms with Gasteiger partial charge in [-0.2, -0.15) is 0 Å². The van der Waals surface area contributed by atoms with Crippen molar-refractivity contribution >= 4 is 34.4 Å². The highest BCUT2D eigenvalue weighted by Gasteiger charge is 2.10. The first-order valence-electron chi connectivity index (χ1n) is 4.58. The second-order valence-electron chi connectivity index (χ2n) is 3.42. The molecule has 2 aromatic rings. The highest BCUT2D eigenvalue weighted by molar-refractivity contribution is 8.02. The molecule has 0 aliphatic carbocycles. The topological polar surface area (TPSA) is 38.7 Å². The summed E-state index contributed by atoms with van der Waals surface area (Å²) in [5.41, 5.74) is 1.07. The van der Waals surface area contributed by atoms with Crippen LogP contribution in [0.2, 0.25) is 0 Å². The molecule has 2 aromatic heterocycles. The van der Waals surface area contributed by atoms with E-state index in [1.165, 1.54) is 0 Å². The van der Waals surface area contributed by atoms with Crippen LogP contribution in [0, 0.1) is 6.92 Å². The van der Waals surface area contributed by atoms with Gasteiger partial charge in [0, 0.05) is 17.0 Å². The van der Waals surface area contributed by atoms with Crippen LogP contribution < -0.4 is 0 Å². The zero-order valence-corrected chi connectivity index (χ0v) is 11.2. The molecule has 2 heterocycles. The SMILES string of the molecule is Cc1csc(Sc2nnc(C(C)C)s2)n1. The van der Waals surface area contributed by atoms with Crippen molar-refractivity contribution in [3.05, 3.63) is 16.1 Å². The molecule has 0 aliphatic rings. The second kappa shape index (κ2) is 4.59. The maximum atomic E-state index is 4.38. The van der Waals surface area contributed by atoms with Gasteiger partial charge in [0.15, 0.2) is 8.68 Å². The average molecular weight is 257 g/mol. The Balaban J connectivity index is 2.11. The van der Waals surface area contributed by atoms with Crippen LogP contribution in [0.15, 0.2) is 14.1 Å². The van der Waals surface area contributed by atoms with Gasteiger partial charge >= 0.3 is 0 Å². The van der Waals surface area contributed by atoms with Gasteiger partial charge in [-0.05, 0) is 18.7 Å². The van der Waals surface area contributed by atoms with Crippen molar-refractivity contribution < 1.29 is 0 Å². The van der Waals surface area contributed by atoms with Crippen LogP contribution in [0.3, 0.4) is 0 Å². The number of aromatic nitrogens is 3. The molecule has 0 aromatic carbocycles. The van der Waals surface area contributed by atoms with Gasteiger partial charge < -0.3 is 0 Å². The summed E-state index contributed by atoms with van der Waals surface area (Å²) < 4.78 is 2.02. The van der Waals surface area contributed by atoms with Crippen molar-refractivity contribution in [2.24, 2.45) is 0 Å². The van der Waals surface area contributed by atoms with Crippen LogP contribution in [0.4, 0.5) is 0 Å². The van der Waals surface area contributed by atoms with E-state index >= 15 is 0 Å². The third-order valence-corrected chi connectivity index (χ3v) is 5.02. The van der Waals surface area contributed by atoms with Crippen molar-refractivity contribution in [2.45, 2.75) is 35.4 Å². The largest absolute Gasteiger partial charge is 0.235 e. The quantitative estimate of drug-likeness (QED) is 0.842. The molecule has 0 N–H and O–H groups in total. The Morgan fingerprint density at radius 3 is 2.60 bits per heavy atom. The molecule has 0 radical (unpaired) electrons. The summed E-state index contributed by atoms with van der Waals surface area (Å²) in [5.74, 6) is 0.454. The normalized spacial score (nSPS) is 11.2. The first-order valence-corrected chi connectivity index (χ1v) is 7.10. The number of nitrogens with zero attached hydrogens (tertiary/aromatic N) is 3. The Morgan fingerprint density at radius 2 is 2.07 bits per heavy atom. The van der Waals surface area contributed by atoms with E-state index in [4.69, 9.17) is 0 Å². The van der Waals surface area contributed by atoms with Crippen LogP contribution in [0.1, 0.15) is 30.5 Å². The van der Waals surface area contributed by atoms with Crippen LogP contribution >= 0.6 is 34.4 Å². The summed E-state index contributed by atoms with van der Waals surface area (Å²) in [5, 5.41) is 11.4. The van der Waals surface area contributed by atoms with Gasteiger partial charge in [-0.3, -0.25) is 0 Å². The fraction of sp³-hybridized carbons (Fsp3) is 0.444. The Labute approximate surface area is 101 Å². The van der Waals surface area contributed by atoms with E-state index in [1.54, 1.807) is 34.4 Å². The van der Waals surface area contributed by atoms with Gasteiger partial charge in [0.25, 0.3) is 0 Å². The summed E-state index contributed by atoms with van der Waals surface area (Å²) in [6.07, 6.45) is 0. The zero-order valence-electron chi connectivity index (χ0n) is 8.72. The third-order valence-electron chi connectivity index (χ3n) is 1.69. The molecule has 2 rings (SSSR count). The summed E-state index contributed by atoms with van der Waals surface area (Å²) in [4.78, 5) is 4.38. The van der Waals surface area contributed by atoms with Crippen LogP contribution in [0.25, 0.3) is 0 Å².